The molecule has 0 aromatic rings. The van der Waals surface area contributed by atoms with Gasteiger partial charge in [0.05, 0.1) is 35.5 Å². The van der Waals surface area contributed by atoms with Crippen molar-refractivity contribution in [3.05, 3.63) is 22.7 Å². The van der Waals surface area contributed by atoms with Crippen LogP contribution in [0, 0.1) is 0 Å². The Morgan fingerprint density at radius 2 is 0.661 bits per heavy atom. The molecule has 0 atom stereocenters. The smallest absolute Gasteiger partial charge is 0.0893 e. The van der Waals surface area contributed by atoms with E-state index in [0.29, 0.717) is 24.2 Å². The van der Waals surface area contributed by atoms with E-state index >= 15 is 0 Å². The van der Waals surface area contributed by atoms with Gasteiger partial charge in [-0.2, -0.15) is 0 Å². The summed E-state index contributed by atoms with van der Waals surface area (Å²) in [5.41, 5.74) is -1.79. The van der Waals surface area contributed by atoms with E-state index in [0.717, 1.165) is 39.6 Å². The van der Waals surface area contributed by atoms with Gasteiger partial charge >= 0.3 is 0 Å². The zero-order valence-electron chi connectivity index (χ0n) is 39.5. The Kier molecular flexibility index (Phi) is 35.1. The minimum atomic E-state index is -0.819. The first-order chi connectivity index (χ1) is 27.4. The molecule has 2 rings (SSSR count). The van der Waals surface area contributed by atoms with Crippen molar-refractivity contribution in [3.63, 3.8) is 0 Å². The third-order valence-corrected chi connectivity index (χ3v) is 15.3. The van der Waals surface area contributed by atoms with Crippen LogP contribution in [0.25, 0.3) is 0 Å². The molecular weight excluding hydrogens is 876 g/mol. The molecule has 59 heavy (non-hydrogen) atoms. The molecule has 12 nitrogen and oxygen atoms in total. The SMILES string of the molecule is CC1(C)OC(C)(C)C(C=NCCN=CC2=C([O-])C(C)(C)OC2(C)C)=C1[O-].COCCCP(CCCOC)CCCOC.COCCCP(CCCOC)CCCOC.[Tc]. The van der Waals surface area contributed by atoms with Gasteiger partial charge in [-0.15, -0.1) is 15.8 Å². The van der Waals surface area contributed by atoms with E-state index in [-0.39, 0.29) is 47.5 Å². The number of nitrogens with zero attached hydrogens (tertiary/aromatic N) is 2. The number of rotatable bonds is 29. The van der Waals surface area contributed by atoms with Crippen molar-refractivity contribution in [2.75, 3.05) is 132 Å². The fourth-order valence-electron chi connectivity index (χ4n) is 6.79. The van der Waals surface area contributed by atoms with Crippen LogP contribution >= 0.6 is 15.8 Å². The molecule has 0 spiro atoms. The van der Waals surface area contributed by atoms with Gasteiger partial charge in [0.1, 0.15) is 0 Å². The molecule has 2 heterocycles. The third-order valence-electron chi connectivity index (χ3n) is 9.64. The van der Waals surface area contributed by atoms with Gasteiger partial charge in [-0.25, -0.2) is 0 Å². The number of hydrogen-bond donors (Lipinski definition) is 0. The standard InChI is InChI=1S/C20H32N2O4.2C12H27O3P.Tc/c1-17(2)13(15(23)19(5,6)25-17)11-21-9-10-22-12-14-16(24)20(7,8)26-18(14,3)4;2*1-13-7-4-10-16(11-5-8-14-2)12-6-9-15-3;/h11-12,23-24H,9-10H2,1-8H3;2*4-12H2,1-3H3;/p-2. The minimum absolute atomic E-state index is 0. The molecule has 1 radical (unpaired) electrons. The largest absolute Gasteiger partial charge is 0.873 e. The molecule has 0 saturated carbocycles. The molecule has 0 N–H and O–H groups in total. The van der Waals surface area contributed by atoms with E-state index in [4.69, 9.17) is 37.9 Å². The Labute approximate surface area is 376 Å². The summed E-state index contributed by atoms with van der Waals surface area (Å²) in [6, 6.07) is 0. The molecular formula is C44H84N2O10P2Tc-2. The number of aliphatic imine (C=N–C) groups is 2. The van der Waals surface area contributed by atoms with E-state index in [9.17, 15) is 10.2 Å². The van der Waals surface area contributed by atoms with Crippen LogP contribution in [0.3, 0.4) is 0 Å². The third kappa shape index (κ3) is 26.1. The fraction of sp³-hybridized carbons (Fsp3) is 0.864. The van der Waals surface area contributed by atoms with Gasteiger partial charge in [0.2, 0.25) is 0 Å². The summed E-state index contributed by atoms with van der Waals surface area (Å²) in [6.45, 7) is 20.8. The fourth-order valence-corrected chi connectivity index (χ4v) is 11.6. The van der Waals surface area contributed by atoms with Crippen molar-refractivity contribution < 1.29 is 68.2 Å². The molecule has 0 aromatic heterocycles. The Morgan fingerprint density at radius 1 is 0.441 bits per heavy atom. The molecule has 0 amide bonds. The molecule has 0 saturated heterocycles. The zero-order chi connectivity index (χ0) is 44.1. The second-order valence-electron chi connectivity index (χ2n) is 16.6. The first-order valence-corrected chi connectivity index (χ1v) is 24.8. The molecule has 349 valence electrons. The normalized spacial score (nSPS) is 17.8. The van der Waals surface area contributed by atoms with Crippen LogP contribution in [0.1, 0.15) is 93.9 Å². The summed E-state index contributed by atoms with van der Waals surface area (Å²) < 4.78 is 42.2. The summed E-state index contributed by atoms with van der Waals surface area (Å²) in [5.74, 6) is -0.0778. The first-order valence-electron chi connectivity index (χ1n) is 21.0. The summed E-state index contributed by atoms with van der Waals surface area (Å²) in [4.78, 5) is 8.62. The van der Waals surface area contributed by atoms with E-state index in [1.54, 1.807) is 82.8 Å². The molecule has 0 aromatic carbocycles. The minimum Gasteiger partial charge on any atom is -0.873 e. The average Bonchev–Trinajstić information content (AvgIpc) is 3.42. The van der Waals surface area contributed by atoms with Crippen molar-refractivity contribution in [1.29, 1.82) is 0 Å². The van der Waals surface area contributed by atoms with E-state index in [1.807, 2.05) is 27.7 Å². The topological polar surface area (TPSA) is 145 Å². The maximum atomic E-state index is 12.4. The van der Waals surface area contributed by atoms with Crippen molar-refractivity contribution in [2.45, 2.75) is 116 Å². The molecule has 0 bridgehead atoms. The van der Waals surface area contributed by atoms with Crippen LogP contribution in [0.2, 0.25) is 0 Å². The summed E-state index contributed by atoms with van der Waals surface area (Å²) >= 11 is 0. The average molecular weight is 961 g/mol. The molecule has 0 unspecified atom stereocenters. The van der Waals surface area contributed by atoms with E-state index in [1.165, 1.54) is 75.5 Å². The van der Waals surface area contributed by atoms with Crippen LogP contribution in [0.4, 0.5) is 0 Å². The van der Waals surface area contributed by atoms with Crippen molar-refractivity contribution in [2.24, 2.45) is 9.98 Å². The second-order valence-corrected chi connectivity index (χ2v) is 21.9. The Hall–Kier alpha value is -0.391. The summed E-state index contributed by atoms with van der Waals surface area (Å²) in [6.07, 6.45) is 18.3. The van der Waals surface area contributed by atoms with Crippen molar-refractivity contribution >= 4 is 28.3 Å². The van der Waals surface area contributed by atoms with Gasteiger partial charge < -0.3 is 48.1 Å². The zero-order valence-corrected chi connectivity index (χ0v) is 43.2. The van der Waals surface area contributed by atoms with E-state index in [2.05, 4.69) is 9.98 Å². The Balaban J connectivity index is 0. The quantitative estimate of drug-likeness (QED) is 0.0452. The second kappa shape index (κ2) is 34.1. The molecule has 15 heteroatoms. The van der Waals surface area contributed by atoms with Gasteiger partial charge in [-0.3, -0.25) is 9.98 Å². The van der Waals surface area contributed by atoms with Crippen LogP contribution in [-0.4, -0.2) is 167 Å². The predicted octanol–water partition coefficient (Wildman–Crippen LogP) is 6.68. The molecule has 2 aliphatic heterocycles. The van der Waals surface area contributed by atoms with Gasteiger partial charge in [-0.05, 0) is 142 Å². The van der Waals surface area contributed by atoms with Gasteiger partial charge in [0.25, 0.3) is 0 Å². The maximum absolute atomic E-state index is 12.4. The number of ether oxygens (including phenoxy) is 8. The Bertz CT molecular complexity index is 1060. The number of hydrogen-bond acceptors (Lipinski definition) is 12. The van der Waals surface area contributed by atoms with Crippen molar-refractivity contribution in [1.82, 2.24) is 0 Å². The predicted molar refractivity (Wildman–Crippen MR) is 241 cm³/mol. The monoisotopic (exact) mass is 959 g/mol. The molecule has 0 aliphatic carbocycles. The van der Waals surface area contributed by atoms with Gasteiger partial charge in [0, 0.05) is 115 Å². The van der Waals surface area contributed by atoms with Crippen LogP contribution in [-0.2, 0) is 58.0 Å². The van der Waals surface area contributed by atoms with Crippen LogP contribution in [0.15, 0.2) is 32.6 Å². The van der Waals surface area contributed by atoms with Crippen LogP contribution < -0.4 is 10.2 Å². The summed E-state index contributed by atoms with van der Waals surface area (Å²) in [5, 5.41) is 24.7. The maximum Gasteiger partial charge on any atom is 0.0893 e. The van der Waals surface area contributed by atoms with Crippen molar-refractivity contribution in [3.8, 4) is 0 Å². The Morgan fingerprint density at radius 3 is 0.831 bits per heavy atom. The van der Waals surface area contributed by atoms with E-state index < -0.39 is 22.4 Å². The molecule has 0 fully saturated rings. The molecule has 2 aliphatic rings. The van der Waals surface area contributed by atoms with Gasteiger partial charge in [0.15, 0.2) is 0 Å². The van der Waals surface area contributed by atoms with Gasteiger partial charge in [-0.1, -0.05) is 11.5 Å². The first kappa shape index (κ1) is 60.7. The summed E-state index contributed by atoms with van der Waals surface area (Å²) in [7, 11) is 11.0. The number of methoxy groups -OCH3 is 6. The van der Waals surface area contributed by atoms with Crippen LogP contribution in [0.5, 0.6) is 0 Å².